The van der Waals surface area contributed by atoms with Crippen molar-refractivity contribution in [2.45, 2.75) is 32.2 Å². The van der Waals surface area contributed by atoms with Crippen LogP contribution in [0.2, 0.25) is 0 Å². The summed E-state index contributed by atoms with van der Waals surface area (Å²) in [6.45, 7) is 3.47. The molecule has 0 spiro atoms. The largest absolute Gasteiger partial charge is 0.378 e. The molecule has 1 N–H and O–H groups in total. The van der Waals surface area contributed by atoms with Gasteiger partial charge in [-0.2, -0.15) is 0 Å². The van der Waals surface area contributed by atoms with Gasteiger partial charge in [0.05, 0.1) is 0 Å². The average molecular weight is 289 g/mol. The molecule has 0 saturated carbocycles. The maximum atomic E-state index is 12.0. The van der Waals surface area contributed by atoms with Crippen molar-refractivity contribution in [1.82, 2.24) is 10.2 Å². The maximum absolute atomic E-state index is 12.0. The van der Waals surface area contributed by atoms with Crippen molar-refractivity contribution >= 4 is 11.6 Å². The Balaban J connectivity index is 1.66. The van der Waals surface area contributed by atoms with Crippen LogP contribution >= 0.6 is 0 Å². The highest BCUT2D eigenvalue weighted by molar-refractivity contribution is 5.76. The van der Waals surface area contributed by atoms with Crippen molar-refractivity contribution in [2.24, 2.45) is 0 Å². The number of hydrogen-bond donors (Lipinski definition) is 1. The molecular formula is C17H27N3O. The normalized spacial score (nSPS) is 15.0. The number of carbonyl (C=O) groups is 1. The summed E-state index contributed by atoms with van der Waals surface area (Å²) in [6, 6.07) is 8.51. The molecule has 4 heteroatoms. The zero-order valence-electron chi connectivity index (χ0n) is 13.3. The number of likely N-dealkylation sites (tertiary alicyclic amines) is 1. The SMILES string of the molecule is CN(C)c1ccc(CNCCC(=O)N2CCCCC2)cc1. The van der Waals surface area contributed by atoms with E-state index in [0.29, 0.717) is 12.3 Å². The minimum atomic E-state index is 0.296. The lowest BCUT2D eigenvalue weighted by Crippen LogP contribution is -2.37. The molecule has 1 aromatic rings. The molecular weight excluding hydrogens is 262 g/mol. The summed E-state index contributed by atoms with van der Waals surface area (Å²) in [4.78, 5) is 16.1. The van der Waals surface area contributed by atoms with E-state index in [0.717, 1.165) is 39.0 Å². The first-order chi connectivity index (χ1) is 10.2. The van der Waals surface area contributed by atoms with E-state index in [1.165, 1.54) is 17.7 Å². The molecule has 116 valence electrons. The molecule has 21 heavy (non-hydrogen) atoms. The highest BCUT2D eigenvalue weighted by Gasteiger charge is 2.15. The highest BCUT2D eigenvalue weighted by Crippen LogP contribution is 2.12. The van der Waals surface area contributed by atoms with Crippen molar-refractivity contribution in [3.63, 3.8) is 0 Å². The van der Waals surface area contributed by atoms with Gasteiger partial charge in [-0.3, -0.25) is 4.79 Å². The predicted molar refractivity (Wildman–Crippen MR) is 87.5 cm³/mol. The monoisotopic (exact) mass is 289 g/mol. The number of piperidine rings is 1. The summed E-state index contributed by atoms with van der Waals surface area (Å²) in [7, 11) is 4.08. The molecule has 0 unspecified atom stereocenters. The summed E-state index contributed by atoms with van der Waals surface area (Å²) in [6.07, 6.45) is 4.20. The van der Waals surface area contributed by atoms with Crippen molar-refractivity contribution in [3.8, 4) is 0 Å². The lowest BCUT2D eigenvalue weighted by molar-refractivity contribution is -0.131. The van der Waals surface area contributed by atoms with Crippen LogP contribution in [-0.4, -0.2) is 44.5 Å². The van der Waals surface area contributed by atoms with Gasteiger partial charge in [0, 0.05) is 52.4 Å². The Morgan fingerprint density at radius 1 is 1.14 bits per heavy atom. The number of nitrogens with zero attached hydrogens (tertiary/aromatic N) is 2. The van der Waals surface area contributed by atoms with Crippen LogP contribution in [0.25, 0.3) is 0 Å². The van der Waals surface area contributed by atoms with E-state index in [1.807, 2.05) is 19.0 Å². The third kappa shape index (κ3) is 5.05. The first-order valence-electron chi connectivity index (χ1n) is 7.91. The molecule has 2 rings (SSSR count). The van der Waals surface area contributed by atoms with Crippen LogP contribution in [0.1, 0.15) is 31.2 Å². The van der Waals surface area contributed by atoms with E-state index in [9.17, 15) is 4.79 Å². The average Bonchev–Trinajstić information content (AvgIpc) is 2.52. The van der Waals surface area contributed by atoms with E-state index in [1.54, 1.807) is 0 Å². The fourth-order valence-electron chi connectivity index (χ4n) is 2.64. The van der Waals surface area contributed by atoms with Crippen molar-refractivity contribution < 1.29 is 4.79 Å². The van der Waals surface area contributed by atoms with E-state index in [-0.39, 0.29) is 0 Å². The quantitative estimate of drug-likeness (QED) is 0.816. The molecule has 1 aliphatic heterocycles. The second kappa shape index (κ2) is 8.03. The fraction of sp³-hybridized carbons (Fsp3) is 0.588. The maximum Gasteiger partial charge on any atom is 0.223 e. The molecule has 1 amide bonds. The smallest absolute Gasteiger partial charge is 0.223 e. The molecule has 0 atom stereocenters. The lowest BCUT2D eigenvalue weighted by atomic mass is 10.1. The van der Waals surface area contributed by atoms with Crippen molar-refractivity contribution in [1.29, 1.82) is 0 Å². The third-order valence-electron chi connectivity index (χ3n) is 4.01. The summed E-state index contributed by atoms with van der Waals surface area (Å²) in [5, 5.41) is 3.36. The summed E-state index contributed by atoms with van der Waals surface area (Å²) in [5.74, 6) is 0.296. The summed E-state index contributed by atoms with van der Waals surface area (Å²) >= 11 is 0. The number of amides is 1. The predicted octanol–water partition coefficient (Wildman–Crippen LogP) is 2.24. The first kappa shape index (κ1) is 15.8. The Bertz CT molecular complexity index is 436. The van der Waals surface area contributed by atoms with Crippen molar-refractivity contribution in [3.05, 3.63) is 29.8 Å². The van der Waals surface area contributed by atoms with Gasteiger partial charge in [-0.1, -0.05) is 12.1 Å². The van der Waals surface area contributed by atoms with Gasteiger partial charge in [0.2, 0.25) is 5.91 Å². The zero-order valence-corrected chi connectivity index (χ0v) is 13.3. The number of nitrogens with one attached hydrogen (secondary N) is 1. The van der Waals surface area contributed by atoms with Crippen LogP contribution in [0.3, 0.4) is 0 Å². The molecule has 0 aromatic heterocycles. The van der Waals surface area contributed by atoms with Crippen LogP contribution in [0, 0.1) is 0 Å². The van der Waals surface area contributed by atoms with E-state index >= 15 is 0 Å². The number of carbonyl (C=O) groups excluding carboxylic acids is 1. The topological polar surface area (TPSA) is 35.6 Å². The fourth-order valence-corrected chi connectivity index (χ4v) is 2.64. The van der Waals surface area contributed by atoms with Crippen LogP contribution in [0.15, 0.2) is 24.3 Å². The van der Waals surface area contributed by atoms with Gasteiger partial charge >= 0.3 is 0 Å². The van der Waals surface area contributed by atoms with Gasteiger partial charge < -0.3 is 15.1 Å². The van der Waals surface area contributed by atoms with Crippen LogP contribution in [0.4, 0.5) is 5.69 Å². The first-order valence-corrected chi connectivity index (χ1v) is 7.91. The standard InChI is InChI=1S/C17H27N3O/c1-19(2)16-8-6-15(7-9-16)14-18-11-10-17(21)20-12-4-3-5-13-20/h6-9,18H,3-5,10-14H2,1-2H3. The van der Waals surface area contributed by atoms with E-state index in [2.05, 4.69) is 34.5 Å². The lowest BCUT2D eigenvalue weighted by Gasteiger charge is -2.26. The van der Waals surface area contributed by atoms with Gasteiger partial charge in [0.15, 0.2) is 0 Å². The van der Waals surface area contributed by atoms with E-state index in [4.69, 9.17) is 0 Å². The Hall–Kier alpha value is -1.55. The Kier molecular flexibility index (Phi) is 6.05. The minimum Gasteiger partial charge on any atom is -0.378 e. The van der Waals surface area contributed by atoms with Crippen molar-refractivity contribution in [2.75, 3.05) is 38.6 Å². The number of anilines is 1. The zero-order chi connectivity index (χ0) is 15.1. The number of hydrogen-bond acceptors (Lipinski definition) is 3. The summed E-state index contributed by atoms with van der Waals surface area (Å²) in [5.41, 5.74) is 2.46. The third-order valence-corrected chi connectivity index (χ3v) is 4.01. The Morgan fingerprint density at radius 2 is 1.81 bits per heavy atom. The van der Waals surface area contributed by atoms with Crippen LogP contribution in [-0.2, 0) is 11.3 Å². The Labute approximate surface area is 128 Å². The van der Waals surface area contributed by atoms with E-state index < -0.39 is 0 Å². The van der Waals surface area contributed by atoms with Gasteiger partial charge in [0.25, 0.3) is 0 Å². The Morgan fingerprint density at radius 3 is 2.43 bits per heavy atom. The molecule has 1 heterocycles. The highest BCUT2D eigenvalue weighted by atomic mass is 16.2. The molecule has 0 radical (unpaired) electrons. The number of rotatable bonds is 6. The molecule has 1 saturated heterocycles. The molecule has 1 aliphatic rings. The number of benzene rings is 1. The molecule has 0 bridgehead atoms. The molecule has 1 fully saturated rings. The van der Waals surface area contributed by atoms with Gasteiger partial charge in [-0.15, -0.1) is 0 Å². The van der Waals surface area contributed by atoms with Crippen LogP contribution in [0.5, 0.6) is 0 Å². The van der Waals surface area contributed by atoms with Gasteiger partial charge in [0.1, 0.15) is 0 Å². The van der Waals surface area contributed by atoms with Crippen LogP contribution < -0.4 is 10.2 Å². The summed E-state index contributed by atoms with van der Waals surface area (Å²) < 4.78 is 0. The molecule has 0 aliphatic carbocycles. The molecule has 1 aromatic carbocycles. The molecule has 4 nitrogen and oxygen atoms in total. The second-order valence-electron chi connectivity index (χ2n) is 5.93. The van der Waals surface area contributed by atoms with Gasteiger partial charge in [-0.25, -0.2) is 0 Å². The van der Waals surface area contributed by atoms with Gasteiger partial charge in [-0.05, 0) is 37.0 Å². The second-order valence-corrected chi connectivity index (χ2v) is 5.93. The minimum absolute atomic E-state index is 0.296.